The van der Waals surface area contributed by atoms with Gasteiger partial charge < -0.3 is 24.3 Å². The summed E-state index contributed by atoms with van der Waals surface area (Å²) in [5, 5.41) is 2.68. The molecule has 2 aromatic rings. The zero-order valence-corrected chi connectivity index (χ0v) is 16.9. The minimum absolute atomic E-state index is 0.245. The van der Waals surface area contributed by atoms with E-state index in [1.165, 1.54) is 20.3 Å². The van der Waals surface area contributed by atoms with Gasteiger partial charge >= 0.3 is 5.97 Å². The van der Waals surface area contributed by atoms with E-state index in [1.807, 2.05) is 12.1 Å². The fourth-order valence-corrected chi connectivity index (χ4v) is 2.69. The molecule has 7 heteroatoms. The second-order valence-electron chi connectivity index (χ2n) is 6.08. The first-order valence-electron chi connectivity index (χ1n) is 8.92. The molecule has 0 aliphatic heterocycles. The molecule has 2 rings (SSSR count). The molecule has 1 amide bonds. The van der Waals surface area contributed by atoms with Crippen LogP contribution in [0.15, 0.2) is 48.5 Å². The van der Waals surface area contributed by atoms with E-state index in [2.05, 4.69) is 5.32 Å². The van der Waals surface area contributed by atoms with Crippen LogP contribution >= 0.6 is 0 Å². The van der Waals surface area contributed by atoms with Gasteiger partial charge in [0.25, 0.3) is 0 Å². The van der Waals surface area contributed by atoms with Crippen LogP contribution < -0.4 is 19.5 Å². The smallest absolute Gasteiger partial charge is 0.328 e. The number of amides is 1. The average molecular weight is 399 g/mol. The minimum atomic E-state index is -0.842. The molecular formula is C22H25NO6. The summed E-state index contributed by atoms with van der Waals surface area (Å²) in [6.45, 7) is 0. The van der Waals surface area contributed by atoms with Gasteiger partial charge in [-0.2, -0.15) is 0 Å². The van der Waals surface area contributed by atoms with Gasteiger partial charge in [-0.05, 0) is 41.5 Å². The number of hydrogen-bond acceptors (Lipinski definition) is 6. The largest absolute Gasteiger partial charge is 0.497 e. The molecule has 0 bridgehead atoms. The SMILES string of the molecule is COC(=O)C(Cc1ccc(OC)c(OC)c1)NC(=O)C=Cc1ccc(OC)cc1. The summed E-state index contributed by atoms with van der Waals surface area (Å²) in [5.41, 5.74) is 1.62. The van der Waals surface area contributed by atoms with Gasteiger partial charge in [0.2, 0.25) is 5.91 Å². The van der Waals surface area contributed by atoms with Gasteiger partial charge in [-0.15, -0.1) is 0 Å². The highest BCUT2D eigenvalue weighted by Crippen LogP contribution is 2.28. The van der Waals surface area contributed by atoms with Crippen molar-refractivity contribution in [3.63, 3.8) is 0 Å². The highest BCUT2D eigenvalue weighted by molar-refractivity contribution is 5.94. The van der Waals surface area contributed by atoms with Crippen molar-refractivity contribution in [2.24, 2.45) is 0 Å². The summed E-state index contributed by atoms with van der Waals surface area (Å²) in [5.74, 6) is 0.909. The lowest BCUT2D eigenvalue weighted by molar-refractivity contribution is -0.144. The van der Waals surface area contributed by atoms with Crippen LogP contribution in [0.2, 0.25) is 0 Å². The van der Waals surface area contributed by atoms with Crippen molar-refractivity contribution < 1.29 is 28.5 Å². The number of esters is 1. The third-order valence-corrected chi connectivity index (χ3v) is 4.23. The van der Waals surface area contributed by atoms with Crippen LogP contribution in [0.5, 0.6) is 17.2 Å². The molecule has 0 aromatic heterocycles. The number of hydrogen-bond donors (Lipinski definition) is 1. The van der Waals surface area contributed by atoms with Gasteiger partial charge in [-0.25, -0.2) is 4.79 Å². The quantitative estimate of drug-likeness (QED) is 0.516. The first-order chi connectivity index (χ1) is 14.0. The molecule has 0 saturated heterocycles. The molecule has 7 nitrogen and oxygen atoms in total. The average Bonchev–Trinajstić information content (AvgIpc) is 2.76. The number of methoxy groups -OCH3 is 4. The molecule has 29 heavy (non-hydrogen) atoms. The number of rotatable bonds is 9. The molecule has 2 aromatic carbocycles. The maximum atomic E-state index is 12.3. The van der Waals surface area contributed by atoms with Crippen molar-refractivity contribution in [3.05, 3.63) is 59.7 Å². The lowest BCUT2D eigenvalue weighted by Crippen LogP contribution is -2.42. The fraction of sp³-hybridized carbons (Fsp3) is 0.273. The van der Waals surface area contributed by atoms with Crippen molar-refractivity contribution in [2.45, 2.75) is 12.5 Å². The first kappa shape index (κ1) is 21.8. The highest BCUT2D eigenvalue weighted by atomic mass is 16.5. The lowest BCUT2D eigenvalue weighted by Gasteiger charge is -2.16. The van der Waals surface area contributed by atoms with Gasteiger partial charge in [0.05, 0.1) is 28.4 Å². The Balaban J connectivity index is 2.08. The van der Waals surface area contributed by atoms with E-state index < -0.39 is 17.9 Å². The topological polar surface area (TPSA) is 83.1 Å². The Morgan fingerprint density at radius 2 is 1.62 bits per heavy atom. The Labute approximate surface area is 170 Å². The standard InChI is InChI=1S/C22H25NO6/c1-26-17-9-5-15(6-10-17)8-12-21(24)23-18(22(25)29-4)13-16-7-11-19(27-2)20(14-16)28-3/h5-12,14,18H,13H2,1-4H3,(H,23,24). The molecule has 1 unspecified atom stereocenters. The monoisotopic (exact) mass is 399 g/mol. The van der Waals surface area contributed by atoms with E-state index in [0.29, 0.717) is 11.5 Å². The van der Waals surface area contributed by atoms with Crippen LogP contribution in [-0.4, -0.2) is 46.4 Å². The summed E-state index contributed by atoms with van der Waals surface area (Å²) >= 11 is 0. The molecule has 0 heterocycles. The Kier molecular flexibility index (Phi) is 8.09. The third-order valence-electron chi connectivity index (χ3n) is 4.23. The molecule has 1 N–H and O–H groups in total. The molecule has 154 valence electrons. The summed E-state index contributed by atoms with van der Waals surface area (Å²) in [6.07, 6.45) is 3.26. The number of carbonyl (C=O) groups excluding carboxylic acids is 2. The van der Waals surface area contributed by atoms with Crippen molar-refractivity contribution in [2.75, 3.05) is 28.4 Å². The van der Waals surface area contributed by atoms with Crippen LogP contribution in [-0.2, 0) is 20.7 Å². The van der Waals surface area contributed by atoms with Crippen LogP contribution in [0.1, 0.15) is 11.1 Å². The van der Waals surface area contributed by atoms with Crippen LogP contribution in [0.3, 0.4) is 0 Å². The van der Waals surface area contributed by atoms with E-state index in [4.69, 9.17) is 18.9 Å². The number of ether oxygens (including phenoxy) is 4. The normalized spacial score (nSPS) is 11.6. The van der Waals surface area contributed by atoms with E-state index in [9.17, 15) is 9.59 Å². The van der Waals surface area contributed by atoms with Gasteiger partial charge in [0.15, 0.2) is 11.5 Å². The molecule has 0 fully saturated rings. The molecule has 0 saturated carbocycles. The minimum Gasteiger partial charge on any atom is -0.497 e. The first-order valence-corrected chi connectivity index (χ1v) is 8.92. The Hall–Kier alpha value is -3.48. The highest BCUT2D eigenvalue weighted by Gasteiger charge is 2.21. The Bertz CT molecular complexity index is 860. The summed E-state index contributed by atoms with van der Waals surface area (Å²) in [4.78, 5) is 24.5. The van der Waals surface area contributed by atoms with E-state index in [1.54, 1.807) is 50.6 Å². The molecule has 0 spiro atoms. The fourth-order valence-electron chi connectivity index (χ4n) is 2.69. The lowest BCUT2D eigenvalue weighted by atomic mass is 10.0. The molecule has 1 atom stereocenters. The predicted molar refractivity (Wildman–Crippen MR) is 109 cm³/mol. The second kappa shape index (κ2) is 10.8. The van der Waals surface area contributed by atoms with E-state index in [0.717, 1.165) is 16.9 Å². The number of benzene rings is 2. The van der Waals surface area contributed by atoms with Gasteiger partial charge in [-0.3, -0.25) is 4.79 Å². The van der Waals surface area contributed by atoms with Crippen molar-refractivity contribution in [1.29, 1.82) is 0 Å². The third kappa shape index (κ3) is 6.27. The van der Waals surface area contributed by atoms with Gasteiger partial charge in [-0.1, -0.05) is 18.2 Å². The van der Waals surface area contributed by atoms with E-state index in [-0.39, 0.29) is 6.42 Å². The zero-order chi connectivity index (χ0) is 21.2. The molecule has 0 aliphatic rings. The van der Waals surface area contributed by atoms with Crippen molar-refractivity contribution in [1.82, 2.24) is 5.32 Å². The summed E-state index contributed by atoms with van der Waals surface area (Å²) in [7, 11) is 5.95. The number of nitrogens with one attached hydrogen (secondary N) is 1. The zero-order valence-electron chi connectivity index (χ0n) is 16.9. The molecule has 0 aliphatic carbocycles. The maximum Gasteiger partial charge on any atom is 0.328 e. The predicted octanol–water partition coefficient (Wildman–Crippen LogP) is 2.63. The van der Waals surface area contributed by atoms with Crippen molar-refractivity contribution in [3.8, 4) is 17.2 Å². The summed E-state index contributed by atoms with van der Waals surface area (Å²) in [6, 6.07) is 11.7. The second-order valence-corrected chi connectivity index (χ2v) is 6.08. The number of carbonyl (C=O) groups is 2. The van der Waals surface area contributed by atoms with Crippen LogP contribution in [0.25, 0.3) is 6.08 Å². The van der Waals surface area contributed by atoms with Crippen molar-refractivity contribution >= 4 is 18.0 Å². The van der Waals surface area contributed by atoms with Crippen LogP contribution in [0.4, 0.5) is 0 Å². The van der Waals surface area contributed by atoms with Crippen LogP contribution in [0, 0.1) is 0 Å². The van der Waals surface area contributed by atoms with Gasteiger partial charge in [0.1, 0.15) is 11.8 Å². The van der Waals surface area contributed by atoms with Gasteiger partial charge in [0, 0.05) is 12.5 Å². The molecule has 0 radical (unpaired) electrons. The van der Waals surface area contributed by atoms with E-state index >= 15 is 0 Å². The molecular weight excluding hydrogens is 374 g/mol. The summed E-state index contributed by atoms with van der Waals surface area (Å²) < 4.78 is 20.4. The Morgan fingerprint density at radius 3 is 2.21 bits per heavy atom. The maximum absolute atomic E-state index is 12.3. The Morgan fingerprint density at radius 1 is 0.931 bits per heavy atom.